The first-order valence-corrected chi connectivity index (χ1v) is 6.54. The highest BCUT2D eigenvalue weighted by Crippen LogP contribution is 2.26. The fourth-order valence-electron chi connectivity index (χ4n) is 2.50. The molecule has 1 aliphatic heterocycles. The van der Waals surface area contributed by atoms with Gasteiger partial charge in [0, 0.05) is 12.5 Å². The number of carbonyl (C=O) groups is 1. The van der Waals surface area contributed by atoms with Crippen molar-refractivity contribution in [3.63, 3.8) is 0 Å². The first kappa shape index (κ1) is 12.0. The van der Waals surface area contributed by atoms with Gasteiger partial charge in [0.05, 0.1) is 17.1 Å². The molecule has 2 aromatic rings. The standard InChI is InChI=1S/C14H17N3O2/c1-9(2)13-16-11-5-3-4-6-12(11)17(13)10-7-15-14(18)19-8-10/h3-6,9-10H,7-8H2,1-2H3,(H,15,18). The number of imidazole rings is 1. The van der Waals surface area contributed by atoms with Crippen LogP contribution in [0.2, 0.25) is 0 Å². The van der Waals surface area contributed by atoms with Crippen molar-refractivity contribution in [2.75, 3.05) is 13.2 Å². The van der Waals surface area contributed by atoms with Crippen LogP contribution >= 0.6 is 0 Å². The number of hydrogen-bond acceptors (Lipinski definition) is 3. The van der Waals surface area contributed by atoms with Gasteiger partial charge < -0.3 is 14.6 Å². The second kappa shape index (κ2) is 4.57. The van der Waals surface area contributed by atoms with E-state index in [9.17, 15) is 4.79 Å². The third kappa shape index (κ3) is 2.05. The minimum absolute atomic E-state index is 0.0995. The van der Waals surface area contributed by atoms with Crippen molar-refractivity contribution in [3.8, 4) is 0 Å². The van der Waals surface area contributed by atoms with E-state index in [2.05, 4.69) is 29.8 Å². The molecule has 1 atom stereocenters. The lowest BCUT2D eigenvalue weighted by Crippen LogP contribution is -2.40. The molecule has 1 unspecified atom stereocenters. The maximum absolute atomic E-state index is 11.1. The van der Waals surface area contributed by atoms with E-state index >= 15 is 0 Å². The fourth-order valence-corrected chi connectivity index (χ4v) is 2.50. The third-order valence-corrected chi connectivity index (χ3v) is 3.39. The molecule has 1 N–H and O–H groups in total. The van der Waals surface area contributed by atoms with E-state index in [-0.39, 0.29) is 12.1 Å². The minimum Gasteiger partial charge on any atom is -0.447 e. The van der Waals surface area contributed by atoms with Crippen LogP contribution in [0.5, 0.6) is 0 Å². The Bertz CT molecular complexity index is 608. The number of nitrogens with zero attached hydrogens (tertiary/aromatic N) is 2. The molecule has 0 bridgehead atoms. The molecule has 1 amide bonds. The van der Waals surface area contributed by atoms with Crippen molar-refractivity contribution in [2.24, 2.45) is 0 Å². The molecule has 0 radical (unpaired) electrons. The molecule has 100 valence electrons. The summed E-state index contributed by atoms with van der Waals surface area (Å²) in [4.78, 5) is 15.8. The van der Waals surface area contributed by atoms with Crippen molar-refractivity contribution < 1.29 is 9.53 Å². The van der Waals surface area contributed by atoms with E-state index in [4.69, 9.17) is 9.72 Å². The van der Waals surface area contributed by atoms with E-state index in [0.717, 1.165) is 16.9 Å². The Morgan fingerprint density at radius 1 is 1.42 bits per heavy atom. The van der Waals surface area contributed by atoms with Gasteiger partial charge in [-0.3, -0.25) is 0 Å². The molecule has 1 aromatic heterocycles. The van der Waals surface area contributed by atoms with Crippen molar-refractivity contribution in [1.29, 1.82) is 0 Å². The molecule has 2 heterocycles. The average molecular weight is 259 g/mol. The number of alkyl carbamates (subject to hydrolysis) is 1. The number of fused-ring (bicyclic) bond motifs is 1. The van der Waals surface area contributed by atoms with Crippen molar-refractivity contribution in [1.82, 2.24) is 14.9 Å². The Labute approximate surface area is 111 Å². The summed E-state index contributed by atoms with van der Waals surface area (Å²) in [6, 6.07) is 8.17. The van der Waals surface area contributed by atoms with Gasteiger partial charge in [-0.05, 0) is 12.1 Å². The predicted molar refractivity (Wildman–Crippen MR) is 72.2 cm³/mol. The van der Waals surface area contributed by atoms with Gasteiger partial charge in [-0.1, -0.05) is 26.0 Å². The first-order valence-electron chi connectivity index (χ1n) is 6.54. The number of ether oxygens (including phenoxy) is 1. The monoisotopic (exact) mass is 259 g/mol. The van der Waals surface area contributed by atoms with Gasteiger partial charge in [0.15, 0.2) is 0 Å². The number of cyclic esters (lactones) is 1. The van der Waals surface area contributed by atoms with Gasteiger partial charge >= 0.3 is 6.09 Å². The Balaban J connectivity index is 2.09. The number of carbonyl (C=O) groups excluding carboxylic acids is 1. The van der Waals surface area contributed by atoms with Crippen LogP contribution in [0.1, 0.15) is 31.6 Å². The highest BCUT2D eigenvalue weighted by Gasteiger charge is 2.25. The Morgan fingerprint density at radius 3 is 2.89 bits per heavy atom. The zero-order valence-electron chi connectivity index (χ0n) is 11.1. The van der Waals surface area contributed by atoms with Crippen LogP contribution in [0, 0.1) is 0 Å². The molecule has 5 nitrogen and oxygen atoms in total. The highest BCUT2D eigenvalue weighted by molar-refractivity contribution is 5.76. The van der Waals surface area contributed by atoms with Crippen molar-refractivity contribution >= 4 is 17.1 Å². The molecule has 1 fully saturated rings. The summed E-state index contributed by atoms with van der Waals surface area (Å²) < 4.78 is 7.29. The normalized spacial score (nSPS) is 19.5. The Hall–Kier alpha value is -2.04. The number of nitrogens with one attached hydrogen (secondary N) is 1. The topological polar surface area (TPSA) is 56.2 Å². The molecular weight excluding hydrogens is 242 g/mol. The quantitative estimate of drug-likeness (QED) is 0.901. The SMILES string of the molecule is CC(C)c1nc2ccccc2n1C1CNC(=O)OC1. The lowest BCUT2D eigenvalue weighted by Gasteiger charge is -2.26. The molecular formula is C14H17N3O2. The second-order valence-electron chi connectivity index (χ2n) is 5.12. The number of hydrogen-bond donors (Lipinski definition) is 1. The van der Waals surface area contributed by atoms with E-state index in [1.54, 1.807) is 0 Å². The Kier molecular flexibility index (Phi) is 2.89. The highest BCUT2D eigenvalue weighted by atomic mass is 16.6. The van der Waals surface area contributed by atoms with Gasteiger partial charge in [-0.25, -0.2) is 9.78 Å². The van der Waals surface area contributed by atoms with Crippen LogP contribution in [0.4, 0.5) is 4.79 Å². The maximum Gasteiger partial charge on any atom is 0.407 e. The Morgan fingerprint density at radius 2 is 2.21 bits per heavy atom. The third-order valence-electron chi connectivity index (χ3n) is 3.39. The molecule has 0 aliphatic carbocycles. The zero-order valence-corrected chi connectivity index (χ0v) is 11.1. The van der Waals surface area contributed by atoms with Crippen LogP contribution in [0.25, 0.3) is 11.0 Å². The van der Waals surface area contributed by atoms with Crippen LogP contribution in [-0.2, 0) is 4.74 Å². The molecule has 1 aliphatic rings. The van der Waals surface area contributed by atoms with E-state index in [1.807, 2.05) is 18.2 Å². The lowest BCUT2D eigenvalue weighted by molar-refractivity contribution is 0.105. The summed E-state index contributed by atoms with van der Waals surface area (Å²) in [5.41, 5.74) is 2.08. The molecule has 5 heteroatoms. The summed E-state index contributed by atoms with van der Waals surface area (Å²) in [5, 5.41) is 2.74. The summed E-state index contributed by atoms with van der Waals surface area (Å²) in [6.07, 6.45) is -0.341. The molecule has 1 saturated heterocycles. The van der Waals surface area contributed by atoms with Gasteiger partial charge in [0.25, 0.3) is 0 Å². The number of amides is 1. The van der Waals surface area contributed by atoms with Crippen molar-refractivity contribution in [2.45, 2.75) is 25.8 Å². The number of rotatable bonds is 2. The molecule has 0 saturated carbocycles. The van der Waals surface area contributed by atoms with Crippen LogP contribution in [-0.4, -0.2) is 28.8 Å². The van der Waals surface area contributed by atoms with Crippen LogP contribution < -0.4 is 5.32 Å². The first-order chi connectivity index (χ1) is 9.16. The second-order valence-corrected chi connectivity index (χ2v) is 5.12. The summed E-state index contributed by atoms with van der Waals surface area (Å²) in [5.74, 6) is 1.36. The van der Waals surface area contributed by atoms with E-state index < -0.39 is 0 Å². The fraction of sp³-hybridized carbons (Fsp3) is 0.429. The molecule has 0 spiro atoms. The number of para-hydroxylation sites is 2. The average Bonchev–Trinajstić information content (AvgIpc) is 2.79. The van der Waals surface area contributed by atoms with E-state index in [0.29, 0.717) is 19.1 Å². The molecule has 1 aromatic carbocycles. The largest absolute Gasteiger partial charge is 0.447 e. The van der Waals surface area contributed by atoms with Crippen molar-refractivity contribution in [3.05, 3.63) is 30.1 Å². The summed E-state index contributed by atoms with van der Waals surface area (Å²) in [6.45, 7) is 5.23. The number of benzene rings is 1. The summed E-state index contributed by atoms with van der Waals surface area (Å²) in [7, 11) is 0. The lowest BCUT2D eigenvalue weighted by atomic mass is 10.2. The summed E-state index contributed by atoms with van der Waals surface area (Å²) >= 11 is 0. The maximum atomic E-state index is 11.1. The van der Waals surface area contributed by atoms with E-state index in [1.165, 1.54) is 0 Å². The molecule has 3 rings (SSSR count). The van der Waals surface area contributed by atoms with Gasteiger partial charge in [-0.2, -0.15) is 0 Å². The van der Waals surface area contributed by atoms with Gasteiger partial charge in [0.1, 0.15) is 12.4 Å². The van der Waals surface area contributed by atoms with Crippen LogP contribution in [0.3, 0.4) is 0 Å². The smallest absolute Gasteiger partial charge is 0.407 e. The predicted octanol–water partition coefficient (Wildman–Crippen LogP) is 2.44. The minimum atomic E-state index is -0.341. The van der Waals surface area contributed by atoms with Gasteiger partial charge in [0.2, 0.25) is 0 Å². The van der Waals surface area contributed by atoms with Gasteiger partial charge in [-0.15, -0.1) is 0 Å². The molecule has 19 heavy (non-hydrogen) atoms. The van der Waals surface area contributed by atoms with Crippen LogP contribution in [0.15, 0.2) is 24.3 Å². The zero-order chi connectivity index (χ0) is 13.4. The number of aromatic nitrogens is 2.